The third-order valence-corrected chi connectivity index (χ3v) is 8.59. The molecule has 0 saturated heterocycles. The van der Waals surface area contributed by atoms with Crippen LogP contribution in [0.15, 0.2) is 58.5 Å². The Bertz CT molecular complexity index is 1650. The summed E-state index contributed by atoms with van der Waals surface area (Å²) in [5.41, 5.74) is 3.33. The maximum Gasteiger partial charge on any atom is 0.268 e. The van der Waals surface area contributed by atoms with E-state index in [0.29, 0.717) is 16.5 Å². The van der Waals surface area contributed by atoms with Gasteiger partial charge in [0.15, 0.2) is 10.9 Å². The molecule has 0 fully saturated rings. The lowest BCUT2D eigenvalue weighted by molar-refractivity contribution is 0.102. The largest absolute Gasteiger partial charge is 0.293 e. The van der Waals surface area contributed by atoms with Gasteiger partial charge in [0, 0.05) is 10.4 Å². The van der Waals surface area contributed by atoms with Gasteiger partial charge < -0.3 is 0 Å². The smallest absolute Gasteiger partial charge is 0.268 e. The van der Waals surface area contributed by atoms with Crippen LogP contribution in [0.4, 0.5) is 4.39 Å². The van der Waals surface area contributed by atoms with Crippen LogP contribution < -0.4 is 5.56 Å². The van der Waals surface area contributed by atoms with Crippen molar-refractivity contribution in [1.29, 1.82) is 0 Å². The van der Waals surface area contributed by atoms with Crippen molar-refractivity contribution >= 4 is 44.9 Å². The van der Waals surface area contributed by atoms with Crippen LogP contribution in [0.2, 0.25) is 0 Å². The van der Waals surface area contributed by atoms with Crippen molar-refractivity contribution in [3.05, 3.63) is 86.3 Å². The van der Waals surface area contributed by atoms with Gasteiger partial charge in [0.05, 0.1) is 16.8 Å². The molecule has 1 aliphatic rings. The summed E-state index contributed by atoms with van der Waals surface area (Å²) in [5, 5.41) is 10.1. The fourth-order valence-corrected chi connectivity index (χ4v) is 6.85. The zero-order chi connectivity index (χ0) is 24.1. The third-order valence-electron chi connectivity index (χ3n) is 6.38. The van der Waals surface area contributed by atoms with Crippen LogP contribution in [0.3, 0.4) is 0 Å². The number of fused-ring (bicyclic) bond motifs is 5. The molecule has 1 aliphatic carbocycles. The molecule has 6 rings (SSSR count). The summed E-state index contributed by atoms with van der Waals surface area (Å²) in [6.45, 7) is 2.00. The van der Waals surface area contributed by atoms with E-state index in [9.17, 15) is 14.0 Å². The molecule has 0 aliphatic heterocycles. The number of nitrogens with zero attached hydrogens (tertiary/aromatic N) is 4. The number of rotatable bonds is 5. The normalized spacial score (nSPS) is 13.4. The van der Waals surface area contributed by atoms with E-state index < -0.39 is 0 Å². The molecule has 0 atom stereocenters. The highest BCUT2D eigenvalue weighted by Crippen LogP contribution is 2.36. The number of benzene rings is 2. The van der Waals surface area contributed by atoms with E-state index in [1.165, 1.54) is 40.9 Å². The van der Waals surface area contributed by atoms with Gasteiger partial charge in [-0.1, -0.05) is 29.5 Å². The van der Waals surface area contributed by atoms with Crippen molar-refractivity contribution in [2.24, 2.45) is 0 Å². The fraction of sp³-hybridized carbons (Fsp3) is 0.231. The minimum Gasteiger partial charge on any atom is -0.293 e. The monoisotopic (exact) mass is 504 g/mol. The van der Waals surface area contributed by atoms with E-state index in [1.54, 1.807) is 15.9 Å². The molecule has 3 heterocycles. The number of thioether (sulfide) groups is 1. The van der Waals surface area contributed by atoms with Crippen LogP contribution in [-0.4, -0.2) is 30.7 Å². The molecule has 3 aromatic heterocycles. The molecule has 176 valence electrons. The van der Waals surface area contributed by atoms with Gasteiger partial charge in [-0.05, 0) is 74.6 Å². The minimum absolute atomic E-state index is 0.0814. The van der Waals surface area contributed by atoms with Gasteiger partial charge in [-0.25, -0.2) is 13.4 Å². The molecule has 9 heteroatoms. The van der Waals surface area contributed by atoms with E-state index in [1.807, 2.05) is 35.6 Å². The first kappa shape index (κ1) is 22.2. The summed E-state index contributed by atoms with van der Waals surface area (Å²) in [7, 11) is 0. The number of ketones is 1. The Morgan fingerprint density at radius 1 is 1.06 bits per heavy atom. The minimum atomic E-state index is -0.379. The predicted molar refractivity (Wildman–Crippen MR) is 137 cm³/mol. The summed E-state index contributed by atoms with van der Waals surface area (Å²) < 4.78 is 16.8. The molecule has 2 aromatic carbocycles. The maximum absolute atomic E-state index is 13.8. The highest BCUT2D eigenvalue weighted by molar-refractivity contribution is 7.99. The van der Waals surface area contributed by atoms with Gasteiger partial charge in [-0.3, -0.25) is 9.59 Å². The van der Waals surface area contributed by atoms with Gasteiger partial charge in [-0.15, -0.1) is 21.5 Å². The molecule has 0 spiro atoms. The van der Waals surface area contributed by atoms with E-state index >= 15 is 0 Å². The van der Waals surface area contributed by atoms with Crippen LogP contribution in [-0.2, 0) is 12.8 Å². The number of hydrogen-bond acceptors (Lipinski definition) is 6. The van der Waals surface area contributed by atoms with E-state index in [0.717, 1.165) is 52.7 Å². The van der Waals surface area contributed by atoms with Crippen molar-refractivity contribution in [3.8, 4) is 5.69 Å². The Kier molecular flexibility index (Phi) is 5.53. The number of Topliss-reactive ketones (excluding diaryl/α,β-unsaturated/α-hetero) is 1. The Morgan fingerprint density at radius 2 is 1.80 bits per heavy atom. The summed E-state index contributed by atoms with van der Waals surface area (Å²) in [4.78, 5) is 28.7. The van der Waals surface area contributed by atoms with Gasteiger partial charge in [0.1, 0.15) is 10.6 Å². The molecule has 0 radical (unpaired) electrons. The Hall–Kier alpha value is -3.30. The van der Waals surface area contributed by atoms with Crippen LogP contribution in [0.25, 0.3) is 21.7 Å². The van der Waals surface area contributed by atoms with E-state index in [2.05, 4.69) is 10.2 Å². The molecular weight excluding hydrogens is 483 g/mol. The molecular formula is C26H21FN4O2S2. The molecule has 6 nitrogen and oxygen atoms in total. The molecule has 35 heavy (non-hydrogen) atoms. The van der Waals surface area contributed by atoms with E-state index in [-0.39, 0.29) is 22.9 Å². The zero-order valence-electron chi connectivity index (χ0n) is 19.0. The van der Waals surface area contributed by atoms with Gasteiger partial charge >= 0.3 is 0 Å². The second-order valence-electron chi connectivity index (χ2n) is 8.70. The van der Waals surface area contributed by atoms with Crippen LogP contribution in [0.5, 0.6) is 0 Å². The average Bonchev–Trinajstić information content (AvgIpc) is 3.46. The zero-order valence-corrected chi connectivity index (χ0v) is 20.6. The number of hydrogen-bond donors (Lipinski definition) is 0. The molecule has 0 unspecified atom stereocenters. The summed E-state index contributed by atoms with van der Waals surface area (Å²) in [6, 6.07) is 13.3. The van der Waals surface area contributed by atoms with Crippen LogP contribution in [0.1, 0.15) is 39.2 Å². The Balaban J connectivity index is 1.51. The van der Waals surface area contributed by atoms with Gasteiger partial charge in [-0.2, -0.15) is 0 Å². The highest BCUT2D eigenvalue weighted by Gasteiger charge is 2.25. The van der Waals surface area contributed by atoms with Crippen molar-refractivity contribution < 1.29 is 9.18 Å². The average molecular weight is 505 g/mol. The number of halogens is 1. The Labute approximate surface area is 208 Å². The second kappa shape index (κ2) is 8.73. The van der Waals surface area contributed by atoms with E-state index in [4.69, 9.17) is 0 Å². The predicted octanol–water partition coefficient (Wildman–Crippen LogP) is 5.40. The molecule has 0 N–H and O–H groups in total. The van der Waals surface area contributed by atoms with Crippen LogP contribution in [0, 0.1) is 12.7 Å². The Morgan fingerprint density at radius 3 is 2.57 bits per heavy atom. The third kappa shape index (κ3) is 3.79. The quantitative estimate of drug-likeness (QED) is 0.237. The standard InChI is InChI=1S/C26H21FN4O2S2/c1-15-6-12-18(13-7-15)30-23(33)22-19-4-2-3-5-21(19)35-24(22)31-25(30)28-29-26(31)34-14-20(32)16-8-10-17(27)11-9-16/h6-13H,2-5,14H2,1H3. The van der Waals surface area contributed by atoms with Gasteiger partial charge in [0.25, 0.3) is 5.56 Å². The lowest BCUT2D eigenvalue weighted by atomic mass is 9.97. The first-order chi connectivity index (χ1) is 17.0. The van der Waals surface area contributed by atoms with Crippen molar-refractivity contribution in [2.45, 2.75) is 37.8 Å². The topological polar surface area (TPSA) is 69.3 Å². The lowest BCUT2D eigenvalue weighted by Crippen LogP contribution is -2.22. The number of thiophene rings is 1. The maximum atomic E-state index is 13.8. The van der Waals surface area contributed by atoms with Crippen molar-refractivity contribution in [2.75, 3.05) is 5.75 Å². The molecule has 0 bridgehead atoms. The molecule has 5 aromatic rings. The molecule has 0 amide bonds. The van der Waals surface area contributed by atoms with Crippen molar-refractivity contribution in [3.63, 3.8) is 0 Å². The first-order valence-electron chi connectivity index (χ1n) is 11.4. The fourth-order valence-electron chi connectivity index (χ4n) is 4.59. The second-order valence-corrected chi connectivity index (χ2v) is 10.7. The number of aromatic nitrogens is 4. The highest BCUT2D eigenvalue weighted by atomic mass is 32.2. The number of aryl methyl sites for hydroxylation is 3. The summed E-state index contributed by atoms with van der Waals surface area (Å²) >= 11 is 2.90. The first-order valence-corrected chi connectivity index (χ1v) is 13.2. The summed E-state index contributed by atoms with van der Waals surface area (Å²) in [5.74, 6) is 0.0562. The SMILES string of the molecule is Cc1ccc(-n2c(=O)c3c4c(sc3n3c(SCC(=O)c5ccc(F)cc5)nnc23)CCCC4)cc1. The van der Waals surface area contributed by atoms with Crippen LogP contribution >= 0.6 is 23.1 Å². The van der Waals surface area contributed by atoms with Gasteiger partial charge in [0.2, 0.25) is 5.78 Å². The molecule has 0 saturated carbocycles. The summed E-state index contributed by atoms with van der Waals surface area (Å²) in [6.07, 6.45) is 4.04. The number of carbonyl (C=O) groups excluding carboxylic acids is 1. The number of carbonyl (C=O) groups is 1. The van der Waals surface area contributed by atoms with Crippen molar-refractivity contribution in [1.82, 2.24) is 19.2 Å². The lowest BCUT2D eigenvalue weighted by Gasteiger charge is -2.12.